The highest BCUT2D eigenvalue weighted by Crippen LogP contribution is 2.30. The zero-order valence-electron chi connectivity index (χ0n) is 19.4. The summed E-state index contributed by atoms with van der Waals surface area (Å²) in [5, 5.41) is 7.17. The molecule has 172 valence electrons. The predicted octanol–water partition coefficient (Wildman–Crippen LogP) is 2.97. The van der Waals surface area contributed by atoms with Crippen molar-refractivity contribution < 1.29 is 9.47 Å². The van der Waals surface area contributed by atoms with E-state index in [4.69, 9.17) is 9.47 Å². The molecular formula is C25H35N5O2. The first-order chi connectivity index (χ1) is 15.7. The smallest absolute Gasteiger partial charge is 0.191 e. The number of aliphatic imine (C=N–C) groups is 1. The molecule has 0 bridgehead atoms. The van der Waals surface area contributed by atoms with Gasteiger partial charge in [-0.3, -0.25) is 4.99 Å². The molecule has 0 saturated carbocycles. The SMILES string of the molecule is CN=C(NCC1CCN(c2ccccc2)C1)NC1CCN(c2cc(OC)cc(OC)c2)C1. The molecule has 32 heavy (non-hydrogen) atoms. The largest absolute Gasteiger partial charge is 0.497 e. The fourth-order valence-electron chi connectivity index (χ4n) is 4.59. The number of guanidine groups is 1. The highest BCUT2D eigenvalue weighted by molar-refractivity contribution is 5.80. The van der Waals surface area contributed by atoms with Gasteiger partial charge >= 0.3 is 0 Å². The zero-order valence-corrected chi connectivity index (χ0v) is 19.4. The normalized spacial score (nSPS) is 21.0. The molecule has 2 fully saturated rings. The van der Waals surface area contributed by atoms with Crippen molar-refractivity contribution in [2.24, 2.45) is 10.9 Å². The van der Waals surface area contributed by atoms with Gasteiger partial charge in [-0.15, -0.1) is 0 Å². The molecule has 0 amide bonds. The molecule has 2 aliphatic heterocycles. The van der Waals surface area contributed by atoms with Crippen LogP contribution in [0.2, 0.25) is 0 Å². The Morgan fingerprint density at radius 2 is 1.62 bits per heavy atom. The lowest BCUT2D eigenvalue weighted by molar-refractivity contribution is 0.394. The van der Waals surface area contributed by atoms with E-state index in [0.717, 1.165) is 62.3 Å². The van der Waals surface area contributed by atoms with E-state index in [-0.39, 0.29) is 0 Å². The fourth-order valence-corrected chi connectivity index (χ4v) is 4.59. The van der Waals surface area contributed by atoms with Crippen LogP contribution in [-0.2, 0) is 0 Å². The van der Waals surface area contributed by atoms with Gasteiger partial charge in [-0.25, -0.2) is 0 Å². The maximum absolute atomic E-state index is 5.43. The standard InChI is InChI=1S/C25H35N5O2/c1-26-25(27-16-19-9-11-29(17-19)21-7-5-4-6-8-21)28-20-10-12-30(18-20)22-13-23(31-2)15-24(14-22)32-3/h4-8,13-15,19-20H,9-12,16-18H2,1-3H3,(H2,26,27,28). The van der Waals surface area contributed by atoms with Crippen LogP contribution in [0.3, 0.4) is 0 Å². The quantitative estimate of drug-likeness (QED) is 0.513. The minimum Gasteiger partial charge on any atom is -0.497 e. The summed E-state index contributed by atoms with van der Waals surface area (Å²) in [6.07, 6.45) is 2.26. The van der Waals surface area contributed by atoms with Gasteiger partial charge in [-0.2, -0.15) is 0 Å². The molecule has 0 aromatic heterocycles. The summed E-state index contributed by atoms with van der Waals surface area (Å²) in [5.41, 5.74) is 2.44. The lowest BCUT2D eigenvalue weighted by Crippen LogP contribution is -2.46. The minimum atomic E-state index is 0.350. The zero-order chi connectivity index (χ0) is 22.3. The van der Waals surface area contributed by atoms with E-state index in [9.17, 15) is 0 Å². The van der Waals surface area contributed by atoms with Crippen molar-refractivity contribution in [3.63, 3.8) is 0 Å². The van der Waals surface area contributed by atoms with E-state index in [1.165, 1.54) is 12.1 Å². The van der Waals surface area contributed by atoms with Crippen LogP contribution in [0.5, 0.6) is 11.5 Å². The number of nitrogens with zero attached hydrogens (tertiary/aromatic N) is 3. The van der Waals surface area contributed by atoms with Crippen LogP contribution >= 0.6 is 0 Å². The van der Waals surface area contributed by atoms with Crippen LogP contribution in [-0.4, -0.2) is 66.0 Å². The molecule has 2 N–H and O–H groups in total. The van der Waals surface area contributed by atoms with Crippen LogP contribution in [0.15, 0.2) is 53.5 Å². The molecule has 2 saturated heterocycles. The van der Waals surface area contributed by atoms with E-state index < -0.39 is 0 Å². The second kappa shape index (κ2) is 10.5. The molecule has 2 aromatic carbocycles. The van der Waals surface area contributed by atoms with Crippen LogP contribution < -0.4 is 29.9 Å². The predicted molar refractivity (Wildman–Crippen MR) is 131 cm³/mol. The highest BCUT2D eigenvalue weighted by atomic mass is 16.5. The van der Waals surface area contributed by atoms with Gasteiger partial charge in [0.1, 0.15) is 11.5 Å². The Kier molecular flexibility index (Phi) is 7.24. The monoisotopic (exact) mass is 437 g/mol. The first-order valence-corrected chi connectivity index (χ1v) is 11.4. The number of hydrogen-bond donors (Lipinski definition) is 2. The highest BCUT2D eigenvalue weighted by Gasteiger charge is 2.26. The number of anilines is 2. The molecule has 2 aromatic rings. The van der Waals surface area contributed by atoms with Crippen LogP contribution in [0, 0.1) is 5.92 Å². The molecule has 7 heteroatoms. The average Bonchev–Trinajstić information content (AvgIpc) is 3.52. The summed E-state index contributed by atoms with van der Waals surface area (Å²) in [5.74, 6) is 3.14. The van der Waals surface area contributed by atoms with Crippen molar-refractivity contribution in [3.8, 4) is 11.5 Å². The lowest BCUT2D eigenvalue weighted by Gasteiger charge is -2.22. The van der Waals surface area contributed by atoms with Gasteiger partial charge in [-0.1, -0.05) is 18.2 Å². The topological polar surface area (TPSA) is 61.4 Å². The third kappa shape index (κ3) is 5.39. The van der Waals surface area contributed by atoms with Crippen molar-refractivity contribution >= 4 is 17.3 Å². The second-order valence-electron chi connectivity index (χ2n) is 8.54. The molecule has 0 spiro atoms. The van der Waals surface area contributed by atoms with E-state index in [2.05, 4.69) is 67.9 Å². The Labute approximate surface area is 191 Å². The van der Waals surface area contributed by atoms with Crippen molar-refractivity contribution in [1.29, 1.82) is 0 Å². The number of nitrogens with one attached hydrogen (secondary N) is 2. The van der Waals surface area contributed by atoms with Crippen LogP contribution in [0.1, 0.15) is 12.8 Å². The fraction of sp³-hybridized carbons (Fsp3) is 0.480. The molecule has 2 atom stereocenters. The Hall–Kier alpha value is -3.09. The summed E-state index contributed by atoms with van der Waals surface area (Å²) in [6, 6.07) is 17.1. The van der Waals surface area contributed by atoms with Crippen molar-refractivity contribution in [2.45, 2.75) is 18.9 Å². The summed E-state index contributed by atoms with van der Waals surface area (Å²) in [7, 11) is 5.22. The Morgan fingerprint density at radius 3 is 2.31 bits per heavy atom. The summed E-state index contributed by atoms with van der Waals surface area (Å²) in [6.45, 7) is 5.04. The first kappa shape index (κ1) is 22.1. The van der Waals surface area contributed by atoms with Gasteiger partial charge in [-0.05, 0) is 30.9 Å². The van der Waals surface area contributed by atoms with Gasteiger partial charge in [0.25, 0.3) is 0 Å². The third-order valence-electron chi connectivity index (χ3n) is 6.42. The van der Waals surface area contributed by atoms with Crippen molar-refractivity contribution in [2.75, 3.05) is 63.8 Å². The van der Waals surface area contributed by atoms with E-state index >= 15 is 0 Å². The first-order valence-electron chi connectivity index (χ1n) is 11.4. The Balaban J connectivity index is 1.26. The molecule has 4 rings (SSSR count). The number of methoxy groups -OCH3 is 2. The second-order valence-corrected chi connectivity index (χ2v) is 8.54. The molecule has 2 unspecified atom stereocenters. The molecular weight excluding hydrogens is 402 g/mol. The minimum absolute atomic E-state index is 0.350. The molecule has 0 radical (unpaired) electrons. The Bertz CT molecular complexity index is 882. The van der Waals surface area contributed by atoms with E-state index in [1.54, 1.807) is 14.2 Å². The van der Waals surface area contributed by atoms with Gasteiger partial charge in [0.15, 0.2) is 5.96 Å². The lowest BCUT2D eigenvalue weighted by atomic mass is 10.1. The molecule has 7 nitrogen and oxygen atoms in total. The Morgan fingerprint density at radius 1 is 0.938 bits per heavy atom. The number of benzene rings is 2. The summed E-state index contributed by atoms with van der Waals surface area (Å²) >= 11 is 0. The van der Waals surface area contributed by atoms with Gasteiger partial charge < -0.3 is 29.9 Å². The van der Waals surface area contributed by atoms with Crippen LogP contribution in [0.4, 0.5) is 11.4 Å². The number of para-hydroxylation sites is 1. The van der Waals surface area contributed by atoms with E-state index in [1.807, 2.05) is 13.1 Å². The van der Waals surface area contributed by atoms with Crippen LogP contribution in [0.25, 0.3) is 0 Å². The number of ether oxygens (including phenoxy) is 2. The average molecular weight is 438 g/mol. The van der Waals surface area contributed by atoms with Gasteiger partial charge in [0, 0.05) is 75.4 Å². The molecule has 2 aliphatic rings. The summed E-state index contributed by atoms with van der Waals surface area (Å²) < 4.78 is 10.9. The van der Waals surface area contributed by atoms with E-state index in [0.29, 0.717) is 12.0 Å². The summed E-state index contributed by atoms with van der Waals surface area (Å²) in [4.78, 5) is 9.30. The third-order valence-corrected chi connectivity index (χ3v) is 6.42. The van der Waals surface area contributed by atoms with Gasteiger partial charge in [0.05, 0.1) is 14.2 Å². The maximum atomic E-state index is 5.43. The van der Waals surface area contributed by atoms with Gasteiger partial charge in [0.2, 0.25) is 0 Å². The van der Waals surface area contributed by atoms with Crippen molar-refractivity contribution in [3.05, 3.63) is 48.5 Å². The number of rotatable bonds is 7. The molecule has 2 heterocycles. The maximum Gasteiger partial charge on any atom is 0.191 e. The molecule has 0 aliphatic carbocycles. The number of hydrogen-bond acceptors (Lipinski definition) is 5. The van der Waals surface area contributed by atoms with Crippen molar-refractivity contribution in [1.82, 2.24) is 10.6 Å².